The van der Waals surface area contributed by atoms with Crippen LogP contribution in [0, 0.1) is 0 Å². The Morgan fingerprint density at radius 3 is 2.77 bits per heavy atom. The van der Waals surface area contributed by atoms with Gasteiger partial charge in [0.25, 0.3) is 0 Å². The summed E-state index contributed by atoms with van der Waals surface area (Å²) in [6.45, 7) is 3.10. The quantitative estimate of drug-likeness (QED) is 0.200. The first-order chi connectivity index (χ1) is 14.8. The fourth-order valence-electron chi connectivity index (χ4n) is 3.35. The number of nitrogens with zero attached hydrogens (tertiary/aromatic N) is 4. The molecule has 174 valence electrons. The number of nitrogen functional groups attached to an aromatic ring is 1. The Morgan fingerprint density at radius 2 is 2.00 bits per heavy atom. The van der Waals surface area contributed by atoms with E-state index in [1.807, 2.05) is 0 Å². The number of rotatable bonds is 8. The van der Waals surface area contributed by atoms with Crippen LogP contribution in [0.2, 0.25) is 0 Å². The van der Waals surface area contributed by atoms with Crippen LogP contribution in [0.1, 0.15) is 38.8 Å². The molecule has 1 fully saturated rings. The Hall–Kier alpha value is -1.60. The monoisotopic (exact) mass is 457 g/mol. The molecule has 12 nitrogen and oxygen atoms in total. The van der Waals surface area contributed by atoms with E-state index in [9.17, 15) is 10.00 Å². The van der Waals surface area contributed by atoms with Crippen molar-refractivity contribution in [2.24, 2.45) is 5.73 Å². The van der Waals surface area contributed by atoms with E-state index in [4.69, 9.17) is 25.3 Å². The van der Waals surface area contributed by atoms with Crippen molar-refractivity contribution in [2.45, 2.75) is 51.0 Å². The number of anilines is 2. The van der Waals surface area contributed by atoms with Crippen molar-refractivity contribution >= 4 is 38.3 Å². The Balaban J connectivity index is 1.89. The zero-order valence-electron chi connectivity index (χ0n) is 18.0. The average molecular weight is 457 g/mol. The van der Waals surface area contributed by atoms with Crippen molar-refractivity contribution < 1.29 is 23.8 Å². The van der Waals surface area contributed by atoms with Crippen LogP contribution < -0.4 is 16.8 Å². The Morgan fingerprint density at radius 1 is 1.26 bits per heavy atom. The molecule has 0 spiro atoms. The van der Waals surface area contributed by atoms with Crippen LogP contribution in [-0.2, 0) is 13.8 Å². The van der Waals surface area contributed by atoms with Gasteiger partial charge in [-0.05, 0) is 6.54 Å². The molecule has 0 amide bonds. The van der Waals surface area contributed by atoms with Crippen LogP contribution in [0.5, 0.6) is 0 Å². The van der Waals surface area contributed by atoms with Gasteiger partial charge in [-0.3, -0.25) is 0 Å². The normalized spacial score (nSPS) is 25.5. The summed E-state index contributed by atoms with van der Waals surface area (Å²) in [7, 11) is -1.85. The fourth-order valence-corrected chi connectivity index (χ4v) is 4.46. The summed E-state index contributed by atoms with van der Waals surface area (Å²) < 4.78 is 18.7. The maximum absolute atomic E-state index is 10.9. The van der Waals surface area contributed by atoms with Crippen LogP contribution in [0.3, 0.4) is 0 Å². The molecule has 3 rings (SSSR count). The van der Waals surface area contributed by atoms with Crippen molar-refractivity contribution in [2.75, 3.05) is 37.4 Å². The molecule has 1 aliphatic heterocycles. The van der Waals surface area contributed by atoms with E-state index in [0.29, 0.717) is 30.2 Å². The van der Waals surface area contributed by atoms with Gasteiger partial charge in [-0.1, -0.05) is 0 Å². The number of nitrogens with two attached hydrogens (primary N) is 2. The number of nitrogens with one attached hydrogen (secondary N) is 1. The summed E-state index contributed by atoms with van der Waals surface area (Å²) in [6, 6.07) is 0. The molecule has 14 heteroatoms. The van der Waals surface area contributed by atoms with Gasteiger partial charge >= 0.3 is 170 Å². The van der Waals surface area contributed by atoms with Gasteiger partial charge in [-0.15, -0.1) is 0 Å². The number of hydrogen-bond acceptors (Lipinski definition) is 11. The van der Waals surface area contributed by atoms with Crippen molar-refractivity contribution in [1.82, 2.24) is 19.5 Å². The molecular weight excluding hydrogens is 424 g/mol. The van der Waals surface area contributed by atoms with Crippen molar-refractivity contribution in [1.29, 1.82) is 0 Å². The van der Waals surface area contributed by atoms with Crippen LogP contribution >= 0.6 is 7.82 Å². The van der Waals surface area contributed by atoms with Gasteiger partial charge < -0.3 is 5.73 Å². The summed E-state index contributed by atoms with van der Waals surface area (Å²) in [5.74, 6) is 0.691. The molecule has 7 N–H and O–H groups in total. The molecule has 2 aromatic rings. The van der Waals surface area contributed by atoms with Crippen molar-refractivity contribution in [3.63, 3.8) is 0 Å². The first-order valence-corrected chi connectivity index (χ1v) is 12.8. The molecule has 0 aromatic carbocycles. The van der Waals surface area contributed by atoms with E-state index in [-0.39, 0.29) is 19.0 Å². The second-order valence-electron chi connectivity index (χ2n) is 7.79. The Kier molecular flexibility index (Phi) is 8.40. The van der Waals surface area contributed by atoms with E-state index >= 15 is 0 Å². The van der Waals surface area contributed by atoms with E-state index in [2.05, 4.69) is 20.3 Å². The number of aliphatic hydroxyl groups excluding tert-OH is 1. The summed E-state index contributed by atoms with van der Waals surface area (Å²) in [5.41, 5.74) is 12.4. The first kappa shape index (κ1) is 24.1. The number of unbranched alkanes of at least 4 members (excludes halogenated alkanes) is 3. The summed E-state index contributed by atoms with van der Waals surface area (Å²) in [4.78, 5) is 23.2. The Bertz CT molecular complexity index is 858. The standard InChI is InChI=1S/C17H33BN7O5P/c1-11-8-28-31(18,27)29-9-12(26)16(30-11)25-15-13(14(20)22-10-23-15)24-17(25)21-7-5-3-2-4-6-19/h10-12,16,26-27,31H,2-9,18-19H2,1H3,(H,21,24)(H2,20,22,23)/t11-,12-,16+/m0/s1. The third kappa shape index (κ3) is 6.22. The van der Waals surface area contributed by atoms with Crippen LogP contribution in [0.25, 0.3) is 11.2 Å². The van der Waals surface area contributed by atoms with E-state index in [0.717, 1.165) is 25.7 Å². The van der Waals surface area contributed by atoms with Gasteiger partial charge in [0.05, 0.1) is 0 Å². The number of fused-ring (bicyclic) bond motifs is 1. The third-order valence-electron chi connectivity index (χ3n) is 4.98. The fraction of sp³-hybridized carbons (Fsp3) is 0.706. The predicted molar refractivity (Wildman–Crippen MR) is 122 cm³/mol. The molecule has 0 aliphatic carbocycles. The number of hydrogen-bond donors (Lipinski definition) is 5. The van der Waals surface area contributed by atoms with Crippen molar-refractivity contribution in [3.05, 3.63) is 6.33 Å². The molecule has 0 radical (unpaired) electrons. The minimum atomic E-state index is -3.35. The van der Waals surface area contributed by atoms with Gasteiger partial charge in [0.15, 0.2) is 0 Å². The number of aromatic nitrogens is 4. The van der Waals surface area contributed by atoms with Gasteiger partial charge in [0.1, 0.15) is 0 Å². The zero-order valence-corrected chi connectivity index (χ0v) is 19.0. The summed E-state index contributed by atoms with van der Waals surface area (Å²) in [6.07, 6.45) is 2.95. The van der Waals surface area contributed by atoms with E-state index in [1.54, 1.807) is 11.5 Å². The molecular formula is C17H33BN7O5P. The molecule has 0 bridgehead atoms. The molecule has 3 atom stereocenters. The van der Waals surface area contributed by atoms with Crippen LogP contribution in [0.4, 0.5) is 11.8 Å². The second-order valence-corrected chi connectivity index (χ2v) is 10.2. The second kappa shape index (κ2) is 10.8. The molecule has 3 heterocycles. The van der Waals surface area contributed by atoms with Gasteiger partial charge in [-0.2, -0.15) is 0 Å². The molecule has 0 saturated carbocycles. The van der Waals surface area contributed by atoms with Crippen LogP contribution in [-0.4, -0.2) is 75.6 Å². The SMILES string of the molecule is B[PH]1(O)OC[C@H](C)O[C@@H](n2c(NCCCCCCN)nc3c(N)ncnc32)[C@@H](O)CO1. The van der Waals surface area contributed by atoms with Gasteiger partial charge in [0.2, 0.25) is 0 Å². The Labute approximate surface area is 182 Å². The zero-order chi connectivity index (χ0) is 22.4. The molecule has 31 heavy (non-hydrogen) atoms. The average Bonchev–Trinajstić information content (AvgIpc) is 3.12. The molecule has 1 aliphatic rings. The van der Waals surface area contributed by atoms with Gasteiger partial charge in [-0.25, -0.2) is 0 Å². The first-order valence-electron chi connectivity index (χ1n) is 10.6. The summed E-state index contributed by atoms with van der Waals surface area (Å²) in [5, 5.41) is 14.2. The summed E-state index contributed by atoms with van der Waals surface area (Å²) >= 11 is 0. The molecule has 2 aromatic heterocycles. The van der Waals surface area contributed by atoms with Gasteiger partial charge in [0, 0.05) is 0 Å². The number of imidazole rings is 1. The third-order valence-corrected chi connectivity index (χ3v) is 6.39. The predicted octanol–water partition coefficient (Wildman–Crippen LogP) is -0.314. The van der Waals surface area contributed by atoms with E-state index in [1.165, 1.54) is 13.9 Å². The van der Waals surface area contributed by atoms with Crippen LogP contribution in [0.15, 0.2) is 6.33 Å². The number of aliphatic hydroxyl groups is 1. The minimum absolute atomic E-state index is 0.121. The topological polar surface area (TPSA) is 176 Å². The van der Waals surface area contributed by atoms with E-state index < -0.39 is 26.3 Å². The van der Waals surface area contributed by atoms with Crippen molar-refractivity contribution in [3.8, 4) is 0 Å². The number of ether oxygens (including phenoxy) is 1. The molecule has 1 saturated heterocycles. The maximum atomic E-state index is 10.9. The molecule has 0 unspecified atom stereocenters.